The van der Waals surface area contributed by atoms with Gasteiger partial charge in [-0.2, -0.15) is 0 Å². The average Bonchev–Trinajstić information content (AvgIpc) is 2.65. The van der Waals surface area contributed by atoms with Crippen molar-refractivity contribution in [2.24, 2.45) is 0 Å². The molecule has 5 heteroatoms. The molecule has 0 aliphatic carbocycles. The van der Waals surface area contributed by atoms with Crippen LogP contribution in [0.2, 0.25) is 0 Å². The molecule has 0 aliphatic heterocycles. The van der Waals surface area contributed by atoms with Crippen LogP contribution in [0.15, 0.2) is 54.6 Å². The highest BCUT2D eigenvalue weighted by Crippen LogP contribution is 2.41. The third-order valence-corrected chi connectivity index (χ3v) is 4.59. The quantitative estimate of drug-likeness (QED) is 0.427. The van der Waals surface area contributed by atoms with E-state index in [1.54, 1.807) is 42.5 Å². The first-order valence-corrected chi connectivity index (χ1v) is 8.75. The van der Waals surface area contributed by atoms with Crippen molar-refractivity contribution in [3.8, 4) is 28.7 Å². The van der Waals surface area contributed by atoms with Crippen LogP contribution in [-0.4, -0.2) is 25.5 Å². The third kappa shape index (κ3) is 4.44. The van der Waals surface area contributed by atoms with Gasteiger partial charge in [0.15, 0.2) is 11.5 Å². The predicted octanol–water partition coefficient (Wildman–Crippen LogP) is 3.79. The third-order valence-electron chi connectivity index (χ3n) is 4.59. The highest BCUT2D eigenvalue weighted by atomic mass is 16.3. The summed E-state index contributed by atoms with van der Waals surface area (Å²) in [5, 5.41) is 49.5. The van der Waals surface area contributed by atoms with Crippen LogP contribution >= 0.6 is 0 Å². The Morgan fingerprint density at radius 3 is 1.33 bits per heavy atom. The van der Waals surface area contributed by atoms with Gasteiger partial charge in [-0.3, -0.25) is 0 Å². The fourth-order valence-corrected chi connectivity index (χ4v) is 3.13. The van der Waals surface area contributed by atoms with Crippen LogP contribution in [0, 0.1) is 0 Å². The molecule has 0 amide bonds. The van der Waals surface area contributed by atoms with Crippen molar-refractivity contribution < 1.29 is 25.5 Å². The molecule has 140 valence electrons. The van der Waals surface area contributed by atoms with Crippen molar-refractivity contribution in [1.82, 2.24) is 0 Å². The Morgan fingerprint density at radius 1 is 0.481 bits per heavy atom. The normalized spacial score (nSPS) is 10.8. The first kappa shape index (κ1) is 18.5. The monoisotopic (exact) mass is 366 g/mol. The van der Waals surface area contributed by atoms with Crippen molar-refractivity contribution in [3.63, 3.8) is 0 Å². The molecule has 3 rings (SSSR count). The first-order valence-electron chi connectivity index (χ1n) is 8.75. The maximum absolute atomic E-state index is 10.2. The Kier molecular flexibility index (Phi) is 5.41. The van der Waals surface area contributed by atoms with Gasteiger partial charge in [0.25, 0.3) is 0 Å². The maximum Gasteiger partial charge on any atom is 0.200 e. The predicted molar refractivity (Wildman–Crippen MR) is 102 cm³/mol. The van der Waals surface area contributed by atoms with Gasteiger partial charge in [0, 0.05) is 0 Å². The second-order valence-electron chi connectivity index (χ2n) is 6.58. The van der Waals surface area contributed by atoms with E-state index in [9.17, 15) is 25.5 Å². The van der Waals surface area contributed by atoms with E-state index >= 15 is 0 Å². The fourth-order valence-electron chi connectivity index (χ4n) is 3.13. The molecule has 0 atom stereocenters. The molecule has 27 heavy (non-hydrogen) atoms. The molecule has 0 spiro atoms. The topological polar surface area (TPSA) is 101 Å². The average molecular weight is 366 g/mol. The molecule has 0 aromatic heterocycles. The van der Waals surface area contributed by atoms with Gasteiger partial charge >= 0.3 is 0 Å². The summed E-state index contributed by atoms with van der Waals surface area (Å²) in [7, 11) is 0. The molecule has 0 unspecified atom stereocenters. The van der Waals surface area contributed by atoms with Gasteiger partial charge in [-0.25, -0.2) is 0 Å². The van der Waals surface area contributed by atoms with Crippen LogP contribution in [0.5, 0.6) is 28.7 Å². The van der Waals surface area contributed by atoms with Gasteiger partial charge < -0.3 is 25.5 Å². The minimum Gasteiger partial charge on any atom is -0.508 e. The summed E-state index contributed by atoms with van der Waals surface area (Å²) in [5.41, 5.74) is 2.87. The molecule has 5 N–H and O–H groups in total. The largest absolute Gasteiger partial charge is 0.508 e. The first-order chi connectivity index (χ1) is 12.9. The van der Waals surface area contributed by atoms with Gasteiger partial charge in [0.2, 0.25) is 5.75 Å². The summed E-state index contributed by atoms with van der Waals surface area (Å²) < 4.78 is 0. The number of benzene rings is 3. The fraction of sp³-hybridized carbons (Fsp3) is 0.182. The molecule has 0 radical (unpaired) electrons. The van der Waals surface area contributed by atoms with Crippen LogP contribution in [0.1, 0.15) is 22.3 Å². The van der Waals surface area contributed by atoms with Gasteiger partial charge in [0.05, 0.1) is 0 Å². The van der Waals surface area contributed by atoms with Gasteiger partial charge in [-0.1, -0.05) is 24.3 Å². The lowest BCUT2D eigenvalue weighted by molar-refractivity contribution is 0.362. The maximum atomic E-state index is 10.2. The van der Waals surface area contributed by atoms with Crippen LogP contribution in [0.25, 0.3) is 0 Å². The summed E-state index contributed by atoms with van der Waals surface area (Å²) >= 11 is 0. The molecule has 0 heterocycles. The van der Waals surface area contributed by atoms with E-state index in [4.69, 9.17) is 0 Å². The molecule has 3 aromatic carbocycles. The molecular weight excluding hydrogens is 344 g/mol. The number of aryl methyl sites for hydroxylation is 4. The van der Waals surface area contributed by atoms with E-state index in [2.05, 4.69) is 0 Å². The van der Waals surface area contributed by atoms with E-state index in [0.717, 1.165) is 11.1 Å². The van der Waals surface area contributed by atoms with Crippen molar-refractivity contribution >= 4 is 0 Å². The number of phenolic OH excluding ortho intramolecular Hbond substituents is 5. The highest BCUT2D eigenvalue weighted by molar-refractivity contribution is 5.58. The van der Waals surface area contributed by atoms with Crippen LogP contribution < -0.4 is 0 Å². The van der Waals surface area contributed by atoms with Crippen LogP contribution in [-0.2, 0) is 25.7 Å². The van der Waals surface area contributed by atoms with Gasteiger partial charge in [-0.05, 0) is 78.3 Å². The number of hydrogen-bond donors (Lipinski definition) is 5. The Bertz CT molecular complexity index is 876. The summed E-state index contributed by atoms with van der Waals surface area (Å²) in [6.07, 6.45) is 2.03. The molecule has 0 bridgehead atoms. The van der Waals surface area contributed by atoms with E-state index in [0.29, 0.717) is 36.8 Å². The number of aromatic hydroxyl groups is 5. The minimum atomic E-state index is -0.519. The van der Waals surface area contributed by atoms with Crippen molar-refractivity contribution in [2.75, 3.05) is 0 Å². The number of phenols is 5. The SMILES string of the molecule is Oc1cccc(CCc2cc(CCc3cccc(O)c3)c(O)c(O)c2O)c1. The standard InChI is InChI=1S/C22H22O5/c23-18-5-1-3-14(11-18)7-9-16-13-17(21(26)22(27)20(16)25)10-8-15-4-2-6-19(24)12-15/h1-6,11-13,23-27H,7-10H2. The zero-order valence-electron chi connectivity index (χ0n) is 14.8. The van der Waals surface area contributed by atoms with Crippen LogP contribution in [0.3, 0.4) is 0 Å². The summed E-state index contributed by atoms with van der Waals surface area (Å²) in [6.45, 7) is 0. The molecule has 0 fully saturated rings. The molecule has 0 aliphatic rings. The Balaban J connectivity index is 1.78. The Morgan fingerprint density at radius 2 is 0.926 bits per heavy atom. The number of rotatable bonds is 6. The zero-order chi connectivity index (χ0) is 19.4. The minimum absolute atomic E-state index is 0.178. The van der Waals surface area contributed by atoms with E-state index in [-0.39, 0.29) is 23.0 Å². The highest BCUT2D eigenvalue weighted by Gasteiger charge is 2.16. The zero-order valence-corrected chi connectivity index (χ0v) is 14.8. The second-order valence-corrected chi connectivity index (χ2v) is 6.58. The lowest BCUT2D eigenvalue weighted by Gasteiger charge is -2.13. The Labute approximate surface area is 157 Å². The van der Waals surface area contributed by atoms with E-state index < -0.39 is 5.75 Å². The lowest BCUT2D eigenvalue weighted by Crippen LogP contribution is -1.97. The van der Waals surface area contributed by atoms with Crippen molar-refractivity contribution in [2.45, 2.75) is 25.7 Å². The second kappa shape index (κ2) is 7.91. The van der Waals surface area contributed by atoms with Crippen molar-refractivity contribution in [1.29, 1.82) is 0 Å². The molecule has 0 saturated heterocycles. The Hall–Kier alpha value is -3.34. The van der Waals surface area contributed by atoms with Crippen molar-refractivity contribution in [3.05, 3.63) is 76.9 Å². The lowest BCUT2D eigenvalue weighted by atomic mass is 9.97. The van der Waals surface area contributed by atoms with E-state index in [1.807, 2.05) is 12.1 Å². The smallest absolute Gasteiger partial charge is 0.200 e. The molecular formula is C22H22O5. The summed E-state index contributed by atoms with van der Waals surface area (Å²) in [4.78, 5) is 0. The van der Waals surface area contributed by atoms with Gasteiger partial charge in [0.1, 0.15) is 11.5 Å². The molecule has 5 nitrogen and oxygen atoms in total. The summed E-state index contributed by atoms with van der Waals surface area (Å²) in [5.74, 6) is -0.814. The molecule has 3 aromatic rings. The van der Waals surface area contributed by atoms with E-state index in [1.165, 1.54) is 0 Å². The summed E-state index contributed by atoms with van der Waals surface area (Å²) in [6, 6.07) is 15.4. The molecule has 0 saturated carbocycles. The van der Waals surface area contributed by atoms with Gasteiger partial charge in [-0.15, -0.1) is 0 Å². The number of hydrogen-bond acceptors (Lipinski definition) is 5. The van der Waals surface area contributed by atoms with Crippen LogP contribution in [0.4, 0.5) is 0 Å².